The fourth-order valence-electron chi connectivity index (χ4n) is 6.30. The van der Waals surface area contributed by atoms with Gasteiger partial charge in [0.25, 0.3) is 11.5 Å². The third-order valence-electron chi connectivity index (χ3n) is 8.49. The van der Waals surface area contributed by atoms with Crippen molar-refractivity contribution in [1.29, 1.82) is 0 Å². The molecule has 1 aromatic heterocycles. The van der Waals surface area contributed by atoms with E-state index in [2.05, 4.69) is 33.1 Å². The van der Waals surface area contributed by atoms with Gasteiger partial charge in [0.15, 0.2) is 0 Å². The Morgan fingerprint density at radius 1 is 1.00 bits per heavy atom. The highest BCUT2D eigenvalue weighted by Crippen LogP contribution is 2.37. The molecule has 3 heterocycles. The Kier molecular flexibility index (Phi) is 7.91. The van der Waals surface area contributed by atoms with Gasteiger partial charge < -0.3 is 25.7 Å². The van der Waals surface area contributed by atoms with Crippen LogP contribution >= 0.6 is 11.6 Å². The van der Waals surface area contributed by atoms with Crippen LogP contribution in [0.15, 0.2) is 35.1 Å². The normalized spacial score (nSPS) is 19.7. The van der Waals surface area contributed by atoms with Gasteiger partial charge in [-0.1, -0.05) is 36.2 Å². The second-order valence-corrected chi connectivity index (χ2v) is 11.6. The average Bonchev–Trinajstić information content (AvgIpc) is 3.42. The van der Waals surface area contributed by atoms with E-state index in [4.69, 9.17) is 16.3 Å². The summed E-state index contributed by atoms with van der Waals surface area (Å²) in [5, 5.41) is 11.1. The first-order valence-corrected chi connectivity index (χ1v) is 14.8. The van der Waals surface area contributed by atoms with Crippen molar-refractivity contribution in [2.24, 2.45) is 0 Å². The Morgan fingerprint density at radius 2 is 1.85 bits per heavy atom. The van der Waals surface area contributed by atoms with E-state index in [1.165, 1.54) is 24.0 Å². The first-order chi connectivity index (χ1) is 19.1. The molecule has 206 valence electrons. The first-order valence-electron chi connectivity index (χ1n) is 14.5. The number of hydrogen-bond donors (Lipinski definition) is 4. The van der Waals surface area contributed by atoms with Gasteiger partial charge in [-0.05, 0) is 99.8 Å². The van der Waals surface area contributed by atoms with Crippen molar-refractivity contribution in [2.75, 3.05) is 26.2 Å². The van der Waals surface area contributed by atoms with E-state index in [9.17, 15) is 9.59 Å². The molecule has 4 N–H and O–H groups in total. The number of halogens is 1. The summed E-state index contributed by atoms with van der Waals surface area (Å²) in [6.07, 6.45) is 9.43. The van der Waals surface area contributed by atoms with Crippen molar-refractivity contribution in [3.8, 4) is 16.9 Å². The average molecular weight is 549 g/mol. The lowest BCUT2D eigenvalue weighted by molar-refractivity contribution is 0.0930. The van der Waals surface area contributed by atoms with Gasteiger partial charge >= 0.3 is 0 Å². The summed E-state index contributed by atoms with van der Waals surface area (Å²) < 4.78 is 6.49. The molecule has 2 aromatic carbocycles. The Hall–Kier alpha value is -2.87. The lowest BCUT2D eigenvalue weighted by atomic mass is 9.98. The summed E-state index contributed by atoms with van der Waals surface area (Å²) in [5.41, 5.74) is 4.76. The molecule has 39 heavy (non-hydrogen) atoms. The van der Waals surface area contributed by atoms with Crippen LogP contribution in [0, 0.1) is 0 Å². The van der Waals surface area contributed by atoms with Crippen LogP contribution < -0.4 is 26.2 Å². The molecule has 1 atom stereocenters. The molecule has 0 unspecified atom stereocenters. The molecule has 7 nitrogen and oxygen atoms in total. The molecule has 1 amide bonds. The maximum absolute atomic E-state index is 13.5. The number of fused-ring (bicyclic) bond motifs is 2. The number of pyridine rings is 1. The van der Waals surface area contributed by atoms with E-state index in [1.807, 2.05) is 6.07 Å². The van der Waals surface area contributed by atoms with Crippen molar-refractivity contribution in [3.63, 3.8) is 0 Å². The molecular formula is C31H37ClN4O3. The predicted octanol–water partition coefficient (Wildman–Crippen LogP) is 4.73. The largest absolute Gasteiger partial charge is 0.492 e. The number of carbonyl (C=O) groups is 1. The molecule has 0 spiro atoms. The topological polar surface area (TPSA) is 95.2 Å². The fourth-order valence-corrected chi connectivity index (χ4v) is 6.55. The van der Waals surface area contributed by atoms with Gasteiger partial charge in [0.1, 0.15) is 5.75 Å². The van der Waals surface area contributed by atoms with Gasteiger partial charge in [-0.25, -0.2) is 0 Å². The third-order valence-corrected chi connectivity index (χ3v) is 8.80. The molecule has 0 radical (unpaired) electrons. The number of hydrogen-bond acceptors (Lipinski definition) is 5. The summed E-state index contributed by atoms with van der Waals surface area (Å²) in [7, 11) is 0. The number of benzene rings is 2. The summed E-state index contributed by atoms with van der Waals surface area (Å²) in [6, 6.07) is 10.3. The molecule has 3 aliphatic rings. The van der Waals surface area contributed by atoms with Crippen LogP contribution in [-0.4, -0.2) is 49.2 Å². The minimum absolute atomic E-state index is 0.113. The predicted molar refractivity (Wildman–Crippen MR) is 156 cm³/mol. The molecule has 0 saturated carbocycles. The second kappa shape index (κ2) is 11.7. The van der Waals surface area contributed by atoms with E-state index in [1.54, 1.807) is 12.1 Å². The van der Waals surface area contributed by atoms with Crippen LogP contribution in [0.3, 0.4) is 0 Å². The Morgan fingerprint density at radius 3 is 2.67 bits per heavy atom. The molecule has 2 fully saturated rings. The highest BCUT2D eigenvalue weighted by Gasteiger charge is 2.23. The van der Waals surface area contributed by atoms with Crippen LogP contribution in [0.1, 0.15) is 66.4 Å². The minimum Gasteiger partial charge on any atom is -0.492 e. The van der Waals surface area contributed by atoms with Gasteiger partial charge in [0.2, 0.25) is 0 Å². The molecule has 3 aromatic rings. The summed E-state index contributed by atoms with van der Waals surface area (Å²) in [5.74, 6) is 0.325. The second-order valence-electron chi connectivity index (χ2n) is 11.2. The zero-order chi connectivity index (χ0) is 26.8. The molecule has 2 saturated heterocycles. The lowest BCUT2D eigenvalue weighted by Crippen LogP contribution is -2.42. The summed E-state index contributed by atoms with van der Waals surface area (Å²) >= 11 is 6.60. The molecule has 8 heteroatoms. The van der Waals surface area contributed by atoms with Crippen LogP contribution in [0.25, 0.3) is 22.0 Å². The van der Waals surface area contributed by atoms with Gasteiger partial charge in [-0.15, -0.1) is 0 Å². The maximum Gasteiger partial charge on any atom is 0.260 e. The number of carbonyl (C=O) groups excluding carboxylic acids is 1. The quantitative estimate of drug-likeness (QED) is 0.342. The number of piperidine rings is 2. The number of ether oxygens (including phenoxy) is 1. The van der Waals surface area contributed by atoms with E-state index < -0.39 is 0 Å². The zero-order valence-corrected chi connectivity index (χ0v) is 23.1. The molecule has 1 aliphatic carbocycles. The lowest BCUT2D eigenvalue weighted by Gasteiger charge is -2.24. The van der Waals surface area contributed by atoms with Crippen molar-refractivity contribution in [2.45, 2.75) is 69.9 Å². The van der Waals surface area contributed by atoms with E-state index >= 15 is 0 Å². The molecule has 2 aliphatic heterocycles. The van der Waals surface area contributed by atoms with Crippen molar-refractivity contribution in [3.05, 3.63) is 62.4 Å². The van der Waals surface area contributed by atoms with Crippen LogP contribution in [0.2, 0.25) is 5.02 Å². The Bertz CT molecular complexity index is 1420. The third kappa shape index (κ3) is 5.72. The number of amides is 1. The highest BCUT2D eigenvalue weighted by molar-refractivity contribution is 6.34. The van der Waals surface area contributed by atoms with Gasteiger partial charge in [0.05, 0.1) is 28.3 Å². The Labute approximate surface area is 234 Å². The fraction of sp³-hybridized carbons (Fsp3) is 0.484. The van der Waals surface area contributed by atoms with Gasteiger partial charge in [0, 0.05) is 17.5 Å². The van der Waals surface area contributed by atoms with Crippen molar-refractivity contribution in [1.82, 2.24) is 20.9 Å². The number of aryl methyl sites for hydroxylation is 2. The van der Waals surface area contributed by atoms with Crippen LogP contribution in [-0.2, 0) is 12.8 Å². The van der Waals surface area contributed by atoms with E-state index in [0.717, 1.165) is 70.1 Å². The standard InChI is InChI=1S/C31H37ClN4O3/c32-26-18-27-25(17-24(26)30(37)35-23-9-13-33-14-10-23)29(39-15-11-22-6-1-2-12-34-22)28(31(38)36-27)21-8-7-19-4-3-5-20(19)16-21/h7-8,16-18,22-23,33-34H,1-6,9-15H2,(H,35,37)(H,36,38)/t22-/m0/s1. The minimum atomic E-state index is -0.214. The van der Waals surface area contributed by atoms with Gasteiger partial charge in [-0.2, -0.15) is 0 Å². The monoisotopic (exact) mass is 548 g/mol. The zero-order valence-electron chi connectivity index (χ0n) is 22.3. The number of rotatable bonds is 7. The molecule has 6 rings (SSSR count). The number of nitrogens with one attached hydrogen (secondary N) is 4. The van der Waals surface area contributed by atoms with Crippen molar-refractivity contribution < 1.29 is 9.53 Å². The molecular weight excluding hydrogens is 512 g/mol. The number of aromatic amines is 1. The number of aromatic nitrogens is 1. The van der Waals surface area contributed by atoms with Crippen LogP contribution in [0.4, 0.5) is 0 Å². The van der Waals surface area contributed by atoms with Gasteiger partial charge in [-0.3, -0.25) is 9.59 Å². The summed E-state index contributed by atoms with van der Waals surface area (Å²) in [6.45, 7) is 3.28. The maximum atomic E-state index is 13.5. The molecule has 0 bridgehead atoms. The van der Waals surface area contributed by atoms with Crippen LogP contribution in [0.5, 0.6) is 5.75 Å². The number of H-pyrrole nitrogens is 1. The Balaban J connectivity index is 1.40. The highest BCUT2D eigenvalue weighted by atomic mass is 35.5. The smallest absolute Gasteiger partial charge is 0.260 e. The van der Waals surface area contributed by atoms with E-state index in [-0.39, 0.29) is 17.5 Å². The van der Waals surface area contributed by atoms with Crippen molar-refractivity contribution >= 4 is 28.4 Å². The first kappa shape index (κ1) is 26.4. The summed E-state index contributed by atoms with van der Waals surface area (Å²) in [4.78, 5) is 29.9. The SMILES string of the molecule is O=C(NC1CCNCC1)c1cc2c(OCC[C@@H]3CCCCN3)c(-c3ccc4c(c3)CCC4)c(=O)[nH]c2cc1Cl. The van der Waals surface area contributed by atoms with E-state index in [0.29, 0.717) is 45.5 Å².